The second kappa shape index (κ2) is 6.28. The van der Waals surface area contributed by atoms with Crippen molar-refractivity contribution in [1.29, 1.82) is 0 Å². The van der Waals surface area contributed by atoms with Gasteiger partial charge in [0.25, 0.3) is 0 Å². The van der Waals surface area contributed by atoms with Crippen LogP contribution in [-0.4, -0.2) is 15.8 Å². The molecule has 3 aromatic rings. The van der Waals surface area contributed by atoms with Crippen molar-refractivity contribution in [3.63, 3.8) is 0 Å². The zero-order valence-corrected chi connectivity index (χ0v) is 14.5. The van der Waals surface area contributed by atoms with Crippen LogP contribution in [0.4, 0.5) is 0 Å². The van der Waals surface area contributed by atoms with Gasteiger partial charge in [0.05, 0.1) is 16.5 Å². The van der Waals surface area contributed by atoms with Crippen LogP contribution in [0.5, 0.6) is 0 Å². The molecule has 0 saturated heterocycles. The van der Waals surface area contributed by atoms with Crippen LogP contribution in [0.1, 0.15) is 27.9 Å². The smallest absolute Gasteiger partial charge is 0.171 e. The van der Waals surface area contributed by atoms with E-state index in [-0.39, 0.29) is 11.7 Å². The van der Waals surface area contributed by atoms with E-state index in [0.717, 1.165) is 21.3 Å². The van der Waals surface area contributed by atoms with Crippen molar-refractivity contribution >= 4 is 40.1 Å². The second-order valence-corrected chi connectivity index (χ2v) is 7.01. The Hall–Kier alpha value is -1.56. The second-order valence-electron chi connectivity index (χ2n) is 4.89. The Kier molecular flexibility index (Phi) is 4.38. The summed E-state index contributed by atoms with van der Waals surface area (Å²) in [5.74, 6) is 0.230. The Labute approximate surface area is 141 Å². The van der Waals surface area contributed by atoms with Gasteiger partial charge in [-0.05, 0) is 6.92 Å². The molecule has 0 spiro atoms. The van der Waals surface area contributed by atoms with E-state index in [4.69, 9.17) is 11.6 Å². The van der Waals surface area contributed by atoms with Crippen molar-refractivity contribution in [2.45, 2.75) is 19.7 Å². The molecular weight excluding hydrogens is 336 g/mol. The third-order valence-corrected chi connectivity index (χ3v) is 5.53. The minimum Gasteiger partial charge on any atom is -0.294 e. The minimum atomic E-state index is -0.00612. The molecule has 6 heteroatoms. The van der Waals surface area contributed by atoms with Gasteiger partial charge in [-0.3, -0.25) is 4.79 Å². The monoisotopic (exact) mass is 348 g/mol. The van der Waals surface area contributed by atoms with Gasteiger partial charge >= 0.3 is 0 Å². The van der Waals surface area contributed by atoms with Gasteiger partial charge in [0.15, 0.2) is 5.78 Å². The molecule has 0 bridgehead atoms. The number of rotatable bonds is 4. The summed E-state index contributed by atoms with van der Waals surface area (Å²) >= 11 is 8.79. The van der Waals surface area contributed by atoms with Gasteiger partial charge < -0.3 is 0 Å². The van der Waals surface area contributed by atoms with Crippen molar-refractivity contribution in [3.8, 4) is 21.3 Å². The van der Waals surface area contributed by atoms with Gasteiger partial charge in [-0.2, -0.15) is 0 Å². The first-order chi connectivity index (χ1) is 10.6. The first-order valence-corrected chi connectivity index (χ1v) is 8.91. The fourth-order valence-electron chi connectivity index (χ4n) is 2.03. The van der Waals surface area contributed by atoms with Crippen LogP contribution in [0.25, 0.3) is 21.3 Å². The highest BCUT2D eigenvalue weighted by Gasteiger charge is 2.17. The lowest BCUT2D eigenvalue weighted by atomic mass is 10.2. The maximum atomic E-state index is 11.6. The lowest BCUT2D eigenvalue weighted by Crippen LogP contribution is -1.92. The molecule has 0 saturated carbocycles. The molecule has 0 unspecified atom stereocenters. The molecule has 22 heavy (non-hydrogen) atoms. The van der Waals surface area contributed by atoms with Gasteiger partial charge in [0.2, 0.25) is 0 Å². The number of carbonyl (C=O) groups is 1. The third kappa shape index (κ3) is 2.97. The van der Waals surface area contributed by atoms with Crippen LogP contribution in [0.15, 0.2) is 29.6 Å². The maximum Gasteiger partial charge on any atom is 0.171 e. The number of ketones is 1. The summed E-state index contributed by atoms with van der Waals surface area (Å²) in [6.07, 6.45) is 0. The maximum absolute atomic E-state index is 11.6. The Morgan fingerprint density at radius 3 is 2.50 bits per heavy atom. The normalized spacial score (nSPS) is 10.9. The molecule has 3 rings (SSSR count). The van der Waals surface area contributed by atoms with Crippen LogP contribution in [0, 0.1) is 6.92 Å². The van der Waals surface area contributed by atoms with Gasteiger partial charge in [0, 0.05) is 17.9 Å². The Bertz CT molecular complexity index is 821. The number of carbonyl (C=O) groups excluding carboxylic acids is 1. The summed E-state index contributed by atoms with van der Waals surface area (Å²) in [7, 11) is 0. The SMILES string of the molecule is CC(=O)c1sc(-c2csc(-c3ccc(C)cc3)n2)nc1CCl. The number of hydrogen-bond donors (Lipinski definition) is 0. The molecule has 2 heterocycles. The van der Waals surface area contributed by atoms with Crippen LogP contribution in [-0.2, 0) is 5.88 Å². The van der Waals surface area contributed by atoms with Crippen LogP contribution >= 0.6 is 34.3 Å². The molecule has 0 amide bonds. The molecule has 0 fully saturated rings. The largest absolute Gasteiger partial charge is 0.294 e. The zero-order valence-electron chi connectivity index (χ0n) is 12.1. The van der Waals surface area contributed by atoms with Crippen LogP contribution in [0.2, 0.25) is 0 Å². The molecule has 0 aliphatic heterocycles. The average Bonchev–Trinajstić information content (AvgIpc) is 3.14. The summed E-state index contributed by atoms with van der Waals surface area (Å²) in [5.41, 5.74) is 3.74. The number of aryl methyl sites for hydroxylation is 1. The highest BCUT2D eigenvalue weighted by Crippen LogP contribution is 2.33. The Morgan fingerprint density at radius 1 is 1.18 bits per heavy atom. The van der Waals surface area contributed by atoms with E-state index in [1.54, 1.807) is 11.3 Å². The van der Waals surface area contributed by atoms with E-state index < -0.39 is 0 Å². The van der Waals surface area contributed by atoms with E-state index >= 15 is 0 Å². The Balaban J connectivity index is 1.97. The number of thiazole rings is 2. The van der Waals surface area contributed by atoms with Gasteiger partial charge in [-0.15, -0.1) is 34.3 Å². The predicted octanol–water partition coefficient (Wildman–Crippen LogP) is 5.18. The fraction of sp³-hybridized carbons (Fsp3) is 0.188. The molecule has 0 N–H and O–H groups in total. The number of nitrogens with zero attached hydrogens (tertiary/aromatic N) is 2. The summed E-state index contributed by atoms with van der Waals surface area (Å²) < 4.78 is 0. The molecular formula is C16H13ClN2OS2. The predicted molar refractivity (Wildman–Crippen MR) is 93.0 cm³/mol. The number of benzene rings is 1. The summed E-state index contributed by atoms with van der Waals surface area (Å²) in [6, 6.07) is 8.26. The average molecular weight is 349 g/mol. The number of alkyl halides is 1. The van der Waals surface area contributed by atoms with E-state index in [9.17, 15) is 4.79 Å². The first-order valence-electron chi connectivity index (χ1n) is 6.68. The quantitative estimate of drug-likeness (QED) is 0.481. The highest BCUT2D eigenvalue weighted by molar-refractivity contribution is 7.18. The molecule has 2 aromatic heterocycles. The fourth-order valence-corrected chi connectivity index (χ4v) is 4.12. The van der Waals surface area contributed by atoms with Gasteiger partial charge in [-0.1, -0.05) is 29.8 Å². The summed E-state index contributed by atoms with van der Waals surface area (Å²) in [5, 5.41) is 3.66. The molecule has 0 aliphatic rings. The van der Waals surface area contributed by atoms with Crippen molar-refractivity contribution in [1.82, 2.24) is 9.97 Å². The van der Waals surface area contributed by atoms with Gasteiger partial charge in [-0.25, -0.2) is 9.97 Å². The standard InChI is InChI=1S/C16H13ClN2OS2/c1-9-3-5-11(6-4-9)15-19-13(8-21-15)16-18-12(7-17)14(22-16)10(2)20/h3-6,8H,7H2,1-2H3. The topological polar surface area (TPSA) is 42.9 Å². The number of hydrogen-bond acceptors (Lipinski definition) is 5. The zero-order chi connectivity index (χ0) is 15.7. The summed E-state index contributed by atoms with van der Waals surface area (Å²) in [6.45, 7) is 3.59. The van der Waals surface area contributed by atoms with Gasteiger partial charge in [0.1, 0.15) is 15.7 Å². The van der Waals surface area contributed by atoms with E-state index in [2.05, 4.69) is 41.2 Å². The van der Waals surface area contributed by atoms with Crippen molar-refractivity contribution < 1.29 is 4.79 Å². The number of Topliss-reactive ketones (excluding diaryl/α,β-unsaturated/α-hetero) is 1. The van der Waals surface area contributed by atoms with Crippen molar-refractivity contribution in [2.75, 3.05) is 0 Å². The van der Waals surface area contributed by atoms with E-state index in [1.807, 2.05) is 5.38 Å². The minimum absolute atomic E-state index is 0.00612. The van der Waals surface area contributed by atoms with E-state index in [0.29, 0.717) is 10.6 Å². The summed E-state index contributed by atoms with van der Waals surface area (Å²) in [4.78, 5) is 21.3. The third-order valence-electron chi connectivity index (χ3n) is 3.17. The van der Waals surface area contributed by atoms with Crippen molar-refractivity contribution in [3.05, 3.63) is 45.8 Å². The Morgan fingerprint density at radius 2 is 1.91 bits per heavy atom. The molecule has 3 nitrogen and oxygen atoms in total. The van der Waals surface area contributed by atoms with Crippen molar-refractivity contribution in [2.24, 2.45) is 0 Å². The molecule has 0 radical (unpaired) electrons. The molecule has 0 aliphatic carbocycles. The van der Waals surface area contributed by atoms with Crippen LogP contribution < -0.4 is 0 Å². The van der Waals surface area contributed by atoms with Crippen LogP contribution in [0.3, 0.4) is 0 Å². The molecule has 112 valence electrons. The molecule has 1 aromatic carbocycles. The van der Waals surface area contributed by atoms with E-state index in [1.165, 1.54) is 23.8 Å². The lowest BCUT2D eigenvalue weighted by molar-refractivity contribution is 0.102. The number of halogens is 1. The molecule has 0 atom stereocenters. The highest BCUT2D eigenvalue weighted by atomic mass is 35.5. The lowest BCUT2D eigenvalue weighted by Gasteiger charge is -1.96. The first kappa shape index (κ1) is 15.3. The number of aromatic nitrogens is 2.